The molecule has 0 saturated heterocycles. The standard InChI is InChI=1S/C17H12ClFO4/c18-14-7-11(8-15-17(14)23-10-22-15)4-5-16(20)21-9-12-2-1-3-13(19)6-12/h1-8H,9-10H2/b5-4+. The van der Waals surface area contributed by atoms with Gasteiger partial charge in [-0.05, 0) is 41.5 Å². The lowest BCUT2D eigenvalue weighted by Crippen LogP contribution is -2.00. The molecule has 0 amide bonds. The van der Waals surface area contributed by atoms with E-state index in [1.165, 1.54) is 18.2 Å². The fourth-order valence-corrected chi connectivity index (χ4v) is 2.35. The van der Waals surface area contributed by atoms with Crippen LogP contribution in [0.1, 0.15) is 11.1 Å². The molecule has 1 aliphatic rings. The van der Waals surface area contributed by atoms with Gasteiger partial charge in [0.25, 0.3) is 0 Å². The maximum absolute atomic E-state index is 13.0. The summed E-state index contributed by atoms with van der Waals surface area (Å²) in [5.74, 6) is 0.120. The van der Waals surface area contributed by atoms with E-state index < -0.39 is 5.97 Å². The summed E-state index contributed by atoms with van der Waals surface area (Å²) in [6.07, 6.45) is 2.83. The Kier molecular flexibility index (Phi) is 4.48. The van der Waals surface area contributed by atoms with Crippen molar-refractivity contribution in [2.24, 2.45) is 0 Å². The van der Waals surface area contributed by atoms with Crippen molar-refractivity contribution in [3.05, 3.63) is 64.4 Å². The van der Waals surface area contributed by atoms with Gasteiger partial charge in [0.05, 0.1) is 5.02 Å². The van der Waals surface area contributed by atoms with E-state index in [1.807, 2.05) is 0 Å². The van der Waals surface area contributed by atoms with E-state index in [-0.39, 0.29) is 19.2 Å². The van der Waals surface area contributed by atoms with Crippen molar-refractivity contribution in [2.75, 3.05) is 6.79 Å². The van der Waals surface area contributed by atoms with Gasteiger partial charge in [-0.2, -0.15) is 0 Å². The number of carbonyl (C=O) groups excluding carboxylic acids is 1. The van der Waals surface area contributed by atoms with Crippen LogP contribution < -0.4 is 9.47 Å². The third kappa shape index (κ3) is 3.81. The predicted molar refractivity (Wildman–Crippen MR) is 82.8 cm³/mol. The van der Waals surface area contributed by atoms with Crippen LogP contribution in [0.5, 0.6) is 11.5 Å². The van der Waals surface area contributed by atoms with E-state index in [2.05, 4.69) is 0 Å². The molecule has 2 aromatic rings. The summed E-state index contributed by atoms with van der Waals surface area (Å²) < 4.78 is 28.5. The van der Waals surface area contributed by atoms with E-state index in [1.54, 1.807) is 30.3 Å². The summed E-state index contributed by atoms with van der Waals surface area (Å²) in [6, 6.07) is 9.25. The second kappa shape index (κ2) is 6.71. The lowest BCUT2D eigenvalue weighted by Gasteiger charge is -2.03. The van der Waals surface area contributed by atoms with Gasteiger partial charge in [-0.1, -0.05) is 23.7 Å². The number of ether oxygens (including phenoxy) is 3. The first-order valence-electron chi connectivity index (χ1n) is 6.80. The molecule has 1 aliphatic heterocycles. The minimum absolute atomic E-state index is 0.00281. The van der Waals surface area contributed by atoms with Gasteiger partial charge < -0.3 is 14.2 Å². The molecular weight excluding hydrogens is 323 g/mol. The fraction of sp³-hybridized carbons (Fsp3) is 0.118. The van der Waals surface area contributed by atoms with Crippen molar-refractivity contribution in [2.45, 2.75) is 6.61 Å². The van der Waals surface area contributed by atoms with Crippen LogP contribution in [0.2, 0.25) is 5.02 Å². The molecule has 0 aromatic heterocycles. The first-order chi connectivity index (χ1) is 11.1. The van der Waals surface area contributed by atoms with Crippen LogP contribution in [-0.2, 0) is 16.1 Å². The number of rotatable bonds is 4. The van der Waals surface area contributed by atoms with Gasteiger partial charge in [-0.25, -0.2) is 9.18 Å². The molecule has 1 heterocycles. The fourth-order valence-electron chi connectivity index (χ4n) is 2.08. The van der Waals surface area contributed by atoms with Crippen LogP contribution in [-0.4, -0.2) is 12.8 Å². The number of benzene rings is 2. The monoisotopic (exact) mass is 334 g/mol. The molecule has 0 bridgehead atoms. The molecular formula is C17H12ClFO4. The van der Waals surface area contributed by atoms with Gasteiger partial charge in [0.15, 0.2) is 11.5 Å². The zero-order chi connectivity index (χ0) is 16.2. The molecule has 0 atom stereocenters. The minimum Gasteiger partial charge on any atom is -0.458 e. The summed E-state index contributed by atoms with van der Waals surface area (Å²) >= 11 is 6.06. The van der Waals surface area contributed by atoms with Crippen LogP contribution in [0.4, 0.5) is 4.39 Å². The molecule has 3 rings (SSSR count). The number of hydrogen-bond donors (Lipinski definition) is 0. The molecule has 4 nitrogen and oxygen atoms in total. The Balaban J connectivity index is 1.61. The highest BCUT2D eigenvalue weighted by molar-refractivity contribution is 6.32. The average molecular weight is 335 g/mol. The topological polar surface area (TPSA) is 44.8 Å². The Morgan fingerprint density at radius 2 is 2.17 bits per heavy atom. The summed E-state index contributed by atoms with van der Waals surface area (Å²) in [5, 5.41) is 0.410. The Labute approximate surface area is 137 Å². The van der Waals surface area contributed by atoms with E-state index in [9.17, 15) is 9.18 Å². The molecule has 0 spiro atoms. The van der Waals surface area contributed by atoms with Crippen molar-refractivity contribution in [1.29, 1.82) is 0 Å². The van der Waals surface area contributed by atoms with Gasteiger partial charge in [-0.3, -0.25) is 0 Å². The van der Waals surface area contributed by atoms with Gasteiger partial charge in [0.1, 0.15) is 12.4 Å². The van der Waals surface area contributed by atoms with E-state index >= 15 is 0 Å². The third-order valence-electron chi connectivity index (χ3n) is 3.13. The molecule has 0 aliphatic carbocycles. The normalized spacial score (nSPS) is 12.6. The maximum atomic E-state index is 13.0. The predicted octanol–water partition coefficient (Wildman–Crippen LogP) is 3.96. The highest BCUT2D eigenvalue weighted by Gasteiger charge is 2.17. The molecule has 6 heteroatoms. The first kappa shape index (κ1) is 15.4. The van der Waals surface area contributed by atoms with E-state index in [0.29, 0.717) is 27.6 Å². The maximum Gasteiger partial charge on any atom is 0.331 e. The zero-order valence-electron chi connectivity index (χ0n) is 11.9. The van der Waals surface area contributed by atoms with Crippen LogP contribution in [0, 0.1) is 5.82 Å². The number of carbonyl (C=O) groups is 1. The van der Waals surface area contributed by atoms with Gasteiger partial charge >= 0.3 is 5.97 Å². The average Bonchev–Trinajstić information content (AvgIpc) is 3.00. The SMILES string of the molecule is O=C(/C=C/c1cc(Cl)c2c(c1)OCO2)OCc1cccc(F)c1. The highest BCUT2D eigenvalue weighted by atomic mass is 35.5. The molecule has 0 unspecified atom stereocenters. The number of esters is 1. The van der Waals surface area contributed by atoms with Crippen LogP contribution in [0.15, 0.2) is 42.5 Å². The highest BCUT2D eigenvalue weighted by Crippen LogP contribution is 2.40. The number of hydrogen-bond acceptors (Lipinski definition) is 4. The summed E-state index contributed by atoms with van der Waals surface area (Å²) in [7, 11) is 0. The smallest absolute Gasteiger partial charge is 0.331 e. The van der Waals surface area contributed by atoms with Gasteiger partial charge in [0, 0.05) is 6.08 Å². The van der Waals surface area contributed by atoms with Crippen molar-refractivity contribution in [3.63, 3.8) is 0 Å². The van der Waals surface area contributed by atoms with Gasteiger partial charge in [0.2, 0.25) is 6.79 Å². The number of halogens is 2. The van der Waals surface area contributed by atoms with Gasteiger partial charge in [-0.15, -0.1) is 0 Å². The van der Waals surface area contributed by atoms with Crippen molar-refractivity contribution < 1.29 is 23.4 Å². The Hall–Kier alpha value is -2.53. The Morgan fingerprint density at radius 3 is 3.00 bits per heavy atom. The molecule has 23 heavy (non-hydrogen) atoms. The van der Waals surface area contributed by atoms with Crippen LogP contribution >= 0.6 is 11.6 Å². The largest absolute Gasteiger partial charge is 0.458 e. The van der Waals surface area contributed by atoms with Crippen molar-refractivity contribution in [1.82, 2.24) is 0 Å². The molecule has 2 aromatic carbocycles. The number of fused-ring (bicyclic) bond motifs is 1. The summed E-state index contributed by atoms with van der Waals surface area (Å²) in [4.78, 5) is 11.7. The second-order valence-electron chi connectivity index (χ2n) is 4.81. The Morgan fingerprint density at radius 1 is 1.30 bits per heavy atom. The lowest BCUT2D eigenvalue weighted by molar-refractivity contribution is -0.138. The summed E-state index contributed by atoms with van der Waals surface area (Å²) in [6.45, 7) is 0.126. The minimum atomic E-state index is -0.539. The summed E-state index contributed by atoms with van der Waals surface area (Å²) in [5.41, 5.74) is 1.26. The van der Waals surface area contributed by atoms with Crippen molar-refractivity contribution >= 4 is 23.6 Å². The lowest BCUT2D eigenvalue weighted by atomic mass is 10.2. The quantitative estimate of drug-likeness (QED) is 0.627. The molecule has 118 valence electrons. The van der Waals surface area contributed by atoms with Crippen LogP contribution in [0.3, 0.4) is 0 Å². The second-order valence-corrected chi connectivity index (χ2v) is 5.21. The molecule has 0 radical (unpaired) electrons. The first-order valence-corrected chi connectivity index (χ1v) is 7.18. The van der Waals surface area contributed by atoms with E-state index in [4.69, 9.17) is 25.8 Å². The van der Waals surface area contributed by atoms with Crippen molar-refractivity contribution in [3.8, 4) is 11.5 Å². The third-order valence-corrected chi connectivity index (χ3v) is 3.41. The molecule has 0 N–H and O–H groups in total. The molecule has 0 fully saturated rings. The zero-order valence-corrected chi connectivity index (χ0v) is 12.7. The molecule has 0 saturated carbocycles. The van der Waals surface area contributed by atoms with Crippen LogP contribution in [0.25, 0.3) is 6.08 Å². The van der Waals surface area contributed by atoms with E-state index in [0.717, 1.165) is 0 Å². The Bertz CT molecular complexity index is 773.